The lowest BCUT2D eigenvalue weighted by molar-refractivity contribution is -0.126. The minimum absolute atomic E-state index is 0.00723. The summed E-state index contributed by atoms with van der Waals surface area (Å²) in [5, 5.41) is 4.93. The summed E-state index contributed by atoms with van der Waals surface area (Å²) in [5.74, 6) is 0.323. The molecule has 1 saturated carbocycles. The van der Waals surface area contributed by atoms with E-state index in [1.165, 1.54) is 15.9 Å². The minimum Gasteiger partial charge on any atom is -0.349 e. The van der Waals surface area contributed by atoms with E-state index in [1.807, 2.05) is 42.6 Å². The zero-order valence-corrected chi connectivity index (χ0v) is 17.2. The smallest absolute Gasteiger partial charge is 0.328 e. The number of rotatable bonds is 5. The van der Waals surface area contributed by atoms with Crippen LogP contribution in [0.4, 0.5) is 0 Å². The normalized spacial score (nSPS) is 20.4. The van der Waals surface area contributed by atoms with Crippen molar-refractivity contribution in [3.8, 4) is 0 Å². The number of nitrogens with zero attached hydrogens (tertiary/aromatic N) is 1. The summed E-state index contributed by atoms with van der Waals surface area (Å²) in [5.41, 5.74) is 1.14. The first-order valence-corrected chi connectivity index (χ1v) is 11.0. The molecule has 2 aromatic heterocycles. The second kappa shape index (κ2) is 8.37. The highest BCUT2D eigenvalue weighted by molar-refractivity contribution is 7.17. The monoisotopic (exact) mass is 411 g/mol. The van der Waals surface area contributed by atoms with Gasteiger partial charge in [-0.25, -0.2) is 4.79 Å². The van der Waals surface area contributed by atoms with Crippen LogP contribution in [0.2, 0.25) is 0 Å². The molecule has 1 atom stereocenters. The predicted octanol–water partition coefficient (Wildman–Crippen LogP) is 3.44. The van der Waals surface area contributed by atoms with E-state index in [4.69, 9.17) is 0 Å². The summed E-state index contributed by atoms with van der Waals surface area (Å²) in [4.78, 5) is 40.3. The third-order valence-electron chi connectivity index (χ3n) is 5.91. The molecule has 1 aliphatic carbocycles. The molecule has 1 unspecified atom stereocenters. The van der Waals surface area contributed by atoms with Crippen molar-refractivity contribution in [2.45, 2.75) is 45.2 Å². The third kappa shape index (κ3) is 4.19. The molecule has 3 aromatic rings. The number of thiophene rings is 1. The Balaban J connectivity index is 1.36. The summed E-state index contributed by atoms with van der Waals surface area (Å²) in [6.07, 6.45) is 3.25. The fourth-order valence-electron chi connectivity index (χ4n) is 4.16. The lowest BCUT2D eigenvalue weighted by Crippen LogP contribution is -2.39. The number of fused-ring (bicyclic) bond motifs is 1. The number of amides is 1. The maximum absolute atomic E-state index is 12.7. The third-order valence-corrected chi connectivity index (χ3v) is 6.81. The second-order valence-electron chi connectivity index (χ2n) is 7.87. The molecule has 2 N–H and O–H groups in total. The fraction of sp³-hybridized carbons (Fsp3) is 0.409. The van der Waals surface area contributed by atoms with E-state index in [0.717, 1.165) is 31.2 Å². The van der Waals surface area contributed by atoms with E-state index >= 15 is 0 Å². The van der Waals surface area contributed by atoms with Crippen molar-refractivity contribution in [2.24, 2.45) is 11.8 Å². The van der Waals surface area contributed by atoms with Crippen LogP contribution in [-0.2, 0) is 11.3 Å². The zero-order valence-electron chi connectivity index (χ0n) is 16.4. The van der Waals surface area contributed by atoms with Gasteiger partial charge in [0.05, 0.1) is 11.6 Å². The van der Waals surface area contributed by atoms with Crippen LogP contribution in [0.15, 0.2) is 51.4 Å². The van der Waals surface area contributed by atoms with E-state index in [-0.39, 0.29) is 35.0 Å². The van der Waals surface area contributed by atoms with Crippen molar-refractivity contribution in [3.63, 3.8) is 0 Å². The SMILES string of the molecule is CC(NC(=O)C1CCC(Cn2c(=O)[nH]c3ccsc3c2=O)CC1)c1ccccc1. The molecule has 6 nitrogen and oxygen atoms in total. The maximum Gasteiger partial charge on any atom is 0.328 e. The first-order chi connectivity index (χ1) is 14.0. The zero-order chi connectivity index (χ0) is 20.4. The van der Waals surface area contributed by atoms with Gasteiger partial charge in [0.2, 0.25) is 5.91 Å². The summed E-state index contributed by atoms with van der Waals surface area (Å²) in [6.45, 7) is 2.41. The van der Waals surface area contributed by atoms with Crippen LogP contribution in [0.1, 0.15) is 44.2 Å². The minimum atomic E-state index is -0.350. The van der Waals surface area contributed by atoms with Gasteiger partial charge in [-0.05, 0) is 55.5 Å². The van der Waals surface area contributed by atoms with Gasteiger partial charge in [-0.2, -0.15) is 0 Å². The highest BCUT2D eigenvalue weighted by atomic mass is 32.1. The van der Waals surface area contributed by atoms with Crippen molar-refractivity contribution < 1.29 is 4.79 Å². The Morgan fingerprint density at radius 1 is 1.17 bits per heavy atom. The van der Waals surface area contributed by atoms with Crippen molar-refractivity contribution in [3.05, 3.63) is 68.2 Å². The van der Waals surface area contributed by atoms with Crippen LogP contribution in [0.5, 0.6) is 0 Å². The Morgan fingerprint density at radius 3 is 2.62 bits per heavy atom. The Kier molecular flexibility index (Phi) is 5.67. The van der Waals surface area contributed by atoms with Crippen LogP contribution in [0.3, 0.4) is 0 Å². The van der Waals surface area contributed by atoms with Gasteiger partial charge in [0.25, 0.3) is 5.56 Å². The molecular weight excluding hydrogens is 386 g/mol. The standard InChI is InChI=1S/C22H25N3O3S/c1-14(16-5-3-2-4-6-16)23-20(26)17-9-7-15(8-10-17)13-25-21(27)19-18(11-12-29-19)24-22(25)28/h2-6,11-12,14-15,17H,7-10,13H2,1H3,(H,23,26)(H,24,28). The van der Waals surface area contributed by atoms with Crippen molar-refractivity contribution in [2.75, 3.05) is 0 Å². The van der Waals surface area contributed by atoms with E-state index in [9.17, 15) is 14.4 Å². The highest BCUT2D eigenvalue weighted by Gasteiger charge is 2.28. The summed E-state index contributed by atoms with van der Waals surface area (Å²) >= 11 is 1.35. The number of benzene rings is 1. The number of nitrogens with one attached hydrogen (secondary N) is 2. The summed E-state index contributed by atoms with van der Waals surface area (Å²) in [7, 11) is 0. The molecule has 7 heteroatoms. The lowest BCUT2D eigenvalue weighted by atomic mass is 9.81. The molecule has 1 amide bonds. The number of carbonyl (C=O) groups is 1. The first kappa shape index (κ1) is 19.6. The number of hydrogen-bond acceptors (Lipinski definition) is 4. The van der Waals surface area contributed by atoms with Crippen LogP contribution >= 0.6 is 11.3 Å². The van der Waals surface area contributed by atoms with Gasteiger partial charge in [0.1, 0.15) is 4.70 Å². The Bertz CT molecular complexity index is 1110. The van der Waals surface area contributed by atoms with Crippen LogP contribution in [0.25, 0.3) is 10.2 Å². The van der Waals surface area contributed by atoms with Gasteiger partial charge in [-0.1, -0.05) is 30.3 Å². The van der Waals surface area contributed by atoms with Gasteiger partial charge < -0.3 is 10.3 Å². The van der Waals surface area contributed by atoms with Crippen molar-refractivity contribution >= 4 is 27.5 Å². The van der Waals surface area contributed by atoms with E-state index in [1.54, 1.807) is 6.07 Å². The molecule has 0 spiro atoms. The predicted molar refractivity (Wildman–Crippen MR) is 115 cm³/mol. The molecule has 4 rings (SSSR count). The highest BCUT2D eigenvalue weighted by Crippen LogP contribution is 2.30. The van der Waals surface area contributed by atoms with Crippen LogP contribution in [0, 0.1) is 11.8 Å². The van der Waals surface area contributed by atoms with E-state index in [0.29, 0.717) is 16.8 Å². The lowest BCUT2D eigenvalue weighted by Gasteiger charge is -2.29. The fourth-order valence-corrected chi connectivity index (χ4v) is 4.96. The molecule has 1 fully saturated rings. The Morgan fingerprint density at radius 2 is 1.90 bits per heavy atom. The molecule has 0 bridgehead atoms. The summed E-state index contributed by atoms with van der Waals surface area (Å²) in [6, 6.07) is 11.7. The number of hydrogen-bond donors (Lipinski definition) is 2. The van der Waals surface area contributed by atoms with Gasteiger partial charge in [-0.3, -0.25) is 14.2 Å². The summed E-state index contributed by atoms with van der Waals surface area (Å²) < 4.78 is 1.91. The van der Waals surface area contributed by atoms with Crippen LogP contribution in [-0.4, -0.2) is 15.5 Å². The topological polar surface area (TPSA) is 84.0 Å². The number of carbonyl (C=O) groups excluding carboxylic acids is 1. The molecule has 0 radical (unpaired) electrons. The van der Waals surface area contributed by atoms with Crippen molar-refractivity contribution in [1.82, 2.24) is 14.9 Å². The van der Waals surface area contributed by atoms with Crippen molar-refractivity contribution in [1.29, 1.82) is 0 Å². The molecule has 152 valence electrons. The maximum atomic E-state index is 12.7. The quantitative estimate of drug-likeness (QED) is 0.675. The number of aromatic nitrogens is 2. The Hall–Kier alpha value is -2.67. The average Bonchev–Trinajstić information content (AvgIpc) is 3.20. The molecule has 1 aromatic carbocycles. The number of H-pyrrole nitrogens is 1. The average molecular weight is 412 g/mol. The van der Waals surface area contributed by atoms with Gasteiger partial charge in [0, 0.05) is 12.5 Å². The van der Waals surface area contributed by atoms with E-state index < -0.39 is 0 Å². The van der Waals surface area contributed by atoms with E-state index in [2.05, 4.69) is 10.3 Å². The molecule has 0 saturated heterocycles. The largest absolute Gasteiger partial charge is 0.349 e. The molecule has 2 heterocycles. The molecule has 0 aliphatic heterocycles. The van der Waals surface area contributed by atoms with Gasteiger partial charge >= 0.3 is 5.69 Å². The molecule has 29 heavy (non-hydrogen) atoms. The number of aromatic amines is 1. The first-order valence-electron chi connectivity index (χ1n) is 10.1. The van der Waals surface area contributed by atoms with Gasteiger partial charge in [-0.15, -0.1) is 11.3 Å². The molecule has 1 aliphatic rings. The second-order valence-corrected chi connectivity index (χ2v) is 8.78. The van der Waals surface area contributed by atoms with Crippen LogP contribution < -0.4 is 16.6 Å². The molecular formula is C22H25N3O3S. The Labute approximate surface area is 172 Å². The van der Waals surface area contributed by atoms with Gasteiger partial charge in [0.15, 0.2) is 0 Å².